The van der Waals surface area contributed by atoms with Crippen LogP contribution in [0.3, 0.4) is 0 Å². The number of hydrazine groups is 1. The lowest BCUT2D eigenvalue weighted by Gasteiger charge is -2.30. The van der Waals surface area contributed by atoms with E-state index < -0.39 is 0 Å². The minimum Gasteiger partial charge on any atom is -0.271 e. The van der Waals surface area contributed by atoms with E-state index in [1.807, 2.05) is 12.3 Å². The normalized spacial score (nSPS) is 20.0. The van der Waals surface area contributed by atoms with Crippen LogP contribution in [-0.2, 0) is 6.42 Å². The first-order valence-corrected chi connectivity index (χ1v) is 8.11. The number of nitrogens with one attached hydrogen (secondary N) is 1. The smallest absolute Gasteiger partial charge is 0.0648 e. The number of hydrogen-bond donors (Lipinski definition) is 2. The number of nitrogens with zero attached hydrogens (tertiary/aromatic N) is 1. The van der Waals surface area contributed by atoms with Gasteiger partial charge >= 0.3 is 0 Å². The highest BCUT2D eigenvalue weighted by Crippen LogP contribution is 2.42. The van der Waals surface area contributed by atoms with E-state index in [0.29, 0.717) is 5.92 Å². The highest BCUT2D eigenvalue weighted by Gasteiger charge is 2.31. The Kier molecular flexibility index (Phi) is 3.98. The van der Waals surface area contributed by atoms with Crippen molar-refractivity contribution in [1.82, 2.24) is 10.4 Å². The van der Waals surface area contributed by atoms with Crippen molar-refractivity contribution in [1.29, 1.82) is 0 Å². The van der Waals surface area contributed by atoms with Crippen LogP contribution in [0.15, 0.2) is 34.2 Å². The second kappa shape index (κ2) is 5.71. The number of pyridine rings is 1. The van der Waals surface area contributed by atoms with Gasteiger partial charge in [-0.3, -0.25) is 16.3 Å². The highest BCUT2D eigenvalue weighted by atomic mass is 79.9. The van der Waals surface area contributed by atoms with Crippen LogP contribution in [0.2, 0.25) is 0 Å². The Morgan fingerprint density at radius 1 is 1.47 bits per heavy atom. The maximum atomic E-state index is 5.83. The number of halogens is 1. The van der Waals surface area contributed by atoms with Crippen molar-refractivity contribution < 1.29 is 0 Å². The molecule has 0 spiro atoms. The molecule has 2 atom stereocenters. The van der Waals surface area contributed by atoms with Gasteiger partial charge in [-0.1, -0.05) is 6.07 Å². The van der Waals surface area contributed by atoms with Crippen molar-refractivity contribution in [3.8, 4) is 0 Å². The third-order valence-electron chi connectivity index (χ3n) is 3.75. The summed E-state index contributed by atoms with van der Waals surface area (Å²) in [4.78, 5) is 5.86. The van der Waals surface area contributed by atoms with Crippen LogP contribution in [0.25, 0.3) is 0 Å². The minimum atomic E-state index is 0.128. The van der Waals surface area contributed by atoms with Crippen LogP contribution in [-0.4, -0.2) is 4.98 Å². The number of aromatic nitrogens is 1. The summed E-state index contributed by atoms with van der Waals surface area (Å²) in [6, 6.07) is 6.41. The predicted molar refractivity (Wildman–Crippen MR) is 82.0 cm³/mol. The maximum Gasteiger partial charge on any atom is 0.0648 e. The molecule has 0 amide bonds. The molecule has 0 aliphatic heterocycles. The Morgan fingerprint density at radius 3 is 3.11 bits per heavy atom. The van der Waals surface area contributed by atoms with Gasteiger partial charge in [0.1, 0.15) is 0 Å². The van der Waals surface area contributed by atoms with Crippen molar-refractivity contribution >= 4 is 27.3 Å². The second-order valence-electron chi connectivity index (χ2n) is 4.82. The zero-order chi connectivity index (χ0) is 13.2. The topological polar surface area (TPSA) is 50.9 Å². The van der Waals surface area contributed by atoms with Crippen molar-refractivity contribution in [2.45, 2.75) is 31.2 Å². The van der Waals surface area contributed by atoms with Crippen LogP contribution in [0.4, 0.5) is 0 Å². The molecular weight excluding hydrogens is 322 g/mol. The van der Waals surface area contributed by atoms with E-state index in [4.69, 9.17) is 5.84 Å². The molecule has 1 aliphatic rings. The van der Waals surface area contributed by atoms with Gasteiger partial charge in [0, 0.05) is 27.2 Å². The molecule has 5 heteroatoms. The highest BCUT2D eigenvalue weighted by molar-refractivity contribution is 9.10. The van der Waals surface area contributed by atoms with Gasteiger partial charge in [-0.2, -0.15) is 0 Å². The van der Waals surface area contributed by atoms with Gasteiger partial charge in [0.05, 0.1) is 6.04 Å². The van der Waals surface area contributed by atoms with Crippen molar-refractivity contribution in [3.63, 3.8) is 0 Å². The quantitative estimate of drug-likeness (QED) is 0.665. The van der Waals surface area contributed by atoms with Crippen LogP contribution in [0.5, 0.6) is 0 Å². The lowest BCUT2D eigenvalue weighted by atomic mass is 9.81. The number of rotatable bonds is 3. The van der Waals surface area contributed by atoms with E-state index in [1.165, 1.54) is 22.6 Å². The van der Waals surface area contributed by atoms with E-state index in [9.17, 15) is 0 Å². The molecule has 0 saturated heterocycles. The number of fused-ring (bicyclic) bond motifs is 1. The Hall–Kier alpha value is -0.750. The molecule has 0 bridgehead atoms. The molecule has 2 aromatic rings. The first-order valence-electron chi connectivity index (χ1n) is 6.44. The number of hydrogen-bond acceptors (Lipinski definition) is 4. The second-order valence-corrected chi connectivity index (χ2v) is 6.63. The molecule has 3 N–H and O–H groups in total. The summed E-state index contributed by atoms with van der Waals surface area (Å²) in [7, 11) is 0. The largest absolute Gasteiger partial charge is 0.271 e. The van der Waals surface area contributed by atoms with Crippen molar-refractivity contribution in [2.24, 2.45) is 5.84 Å². The standard InChI is InChI=1S/C14H16BrN3S/c15-11-6-8-19-14(11)13(18-16)10-5-1-3-9-4-2-7-17-12(9)10/h2,4,6-8,10,13,18H,1,3,5,16H2. The molecular formula is C14H16BrN3S. The zero-order valence-corrected chi connectivity index (χ0v) is 12.9. The fourth-order valence-electron chi connectivity index (χ4n) is 2.87. The monoisotopic (exact) mass is 337 g/mol. The van der Waals surface area contributed by atoms with Gasteiger partial charge in [-0.25, -0.2) is 0 Å². The molecule has 1 aliphatic carbocycles. The van der Waals surface area contributed by atoms with E-state index in [1.54, 1.807) is 11.3 Å². The zero-order valence-electron chi connectivity index (χ0n) is 10.5. The summed E-state index contributed by atoms with van der Waals surface area (Å²) in [5.74, 6) is 6.18. The lowest BCUT2D eigenvalue weighted by Crippen LogP contribution is -2.34. The van der Waals surface area contributed by atoms with Gasteiger partial charge in [0.2, 0.25) is 0 Å². The fourth-order valence-corrected chi connectivity index (χ4v) is 4.62. The molecule has 3 nitrogen and oxygen atoms in total. The van der Waals surface area contributed by atoms with E-state index >= 15 is 0 Å². The summed E-state index contributed by atoms with van der Waals surface area (Å²) >= 11 is 5.34. The SMILES string of the molecule is NNC(c1sccc1Br)C1CCCc2cccnc21. The third kappa shape index (κ3) is 2.48. The molecule has 0 saturated carbocycles. The minimum absolute atomic E-state index is 0.128. The van der Waals surface area contributed by atoms with Crippen LogP contribution < -0.4 is 11.3 Å². The van der Waals surface area contributed by atoms with E-state index in [2.05, 4.69) is 43.9 Å². The summed E-state index contributed by atoms with van der Waals surface area (Å²) in [5.41, 5.74) is 5.57. The predicted octanol–water partition coefficient (Wildman–Crippen LogP) is 3.53. The number of thiophene rings is 1. The molecule has 19 heavy (non-hydrogen) atoms. The number of aryl methyl sites for hydroxylation is 1. The van der Waals surface area contributed by atoms with Crippen LogP contribution in [0, 0.1) is 0 Å². The third-order valence-corrected chi connectivity index (χ3v) is 5.70. The first-order chi connectivity index (χ1) is 9.31. The molecule has 0 aromatic carbocycles. The summed E-state index contributed by atoms with van der Waals surface area (Å²) in [6.07, 6.45) is 5.34. The number of nitrogens with two attached hydrogens (primary N) is 1. The molecule has 2 unspecified atom stereocenters. The van der Waals surface area contributed by atoms with Crippen LogP contribution >= 0.6 is 27.3 Å². The molecule has 0 radical (unpaired) electrons. The van der Waals surface area contributed by atoms with Crippen molar-refractivity contribution in [3.05, 3.63) is 50.4 Å². The first kappa shape index (κ1) is 13.2. The summed E-state index contributed by atoms with van der Waals surface area (Å²) in [5, 5.41) is 2.09. The summed E-state index contributed by atoms with van der Waals surface area (Å²) < 4.78 is 1.13. The Balaban J connectivity index is 2.00. The Labute approximate surface area is 125 Å². The van der Waals surface area contributed by atoms with E-state index in [0.717, 1.165) is 17.3 Å². The molecule has 3 rings (SSSR count). The van der Waals surface area contributed by atoms with Gasteiger partial charge in [0.25, 0.3) is 0 Å². The van der Waals surface area contributed by atoms with Gasteiger partial charge in [-0.05, 0) is 58.3 Å². The summed E-state index contributed by atoms with van der Waals surface area (Å²) in [6.45, 7) is 0. The molecule has 2 aromatic heterocycles. The fraction of sp³-hybridized carbons (Fsp3) is 0.357. The molecule has 100 valence electrons. The van der Waals surface area contributed by atoms with Crippen LogP contribution in [0.1, 0.15) is 40.9 Å². The van der Waals surface area contributed by atoms with Gasteiger partial charge in [0.15, 0.2) is 0 Å². The maximum absolute atomic E-state index is 5.83. The Morgan fingerprint density at radius 2 is 2.37 bits per heavy atom. The van der Waals surface area contributed by atoms with Gasteiger partial charge in [-0.15, -0.1) is 11.3 Å². The van der Waals surface area contributed by atoms with Crippen molar-refractivity contribution in [2.75, 3.05) is 0 Å². The Bertz CT molecular complexity index is 569. The average molecular weight is 338 g/mol. The van der Waals surface area contributed by atoms with Gasteiger partial charge < -0.3 is 0 Å². The average Bonchev–Trinajstić information content (AvgIpc) is 2.86. The molecule has 0 fully saturated rings. The molecule has 2 heterocycles. The van der Waals surface area contributed by atoms with E-state index in [-0.39, 0.29) is 6.04 Å². The lowest BCUT2D eigenvalue weighted by molar-refractivity contribution is 0.403.